The van der Waals surface area contributed by atoms with Gasteiger partial charge in [0.1, 0.15) is 12.4 Å². The predicted octanol–water partition coefficient (Wildman–Crippen LogP) is 2.64. The molecule has 4 nitrogen and oxygen atoms in total. The quantitative estimate of drug-likeness (QED) is 0.894. The summed E-state index contributed by atoms with van der Waals surface area (Å²) in [5.74, 6) is 1.56. The highest BCUT2D eigenvalue weighted by Crippen LogP contribution is 2.26. The lowest BCUT2D eigenvalue weighted by atomic mass is 10.0. The summed E-state index contributed by atoms with van der Waals surface area (Å²) >= 11 is 0. The maximum atomic E-state index is 5.84. The highest BCUT2D eigenvalue weighted by atomic mass is 16.5. The molecule has 0 aliphatic rings. The van der Waals surface area contributed by atoms with Crippen LogP contribution in [-0.2, 0) is 6.61 Å². The molecule has 1 heterocycles. The van der Waals surface area contributed by atoms with E-state index in [0.29, 0.717) is 12.4 Å². The fraction of sp³-hybridized carbons (Fsp3) is 0.333. The van der Waals surface area contributed by atoms with E-state index in [1.165, 1.54) is 5.56 Å². The van der Waals surface area contributed by atoms with E-state index < -0.39 is 0 Å². The van der Waals surface area contributed by atoms with Crippen LogP contribution < -0.4 is 10.1 Å². The molecule has 1 unspecified atom stereocenters. The molecule has 2 rings (SSSR count). The Kier molecular flexibility index (Phi) is 4.47. The molecule has 0 saturated heterocycles. The molecule has 0 fully saturated rings. The molecule has 0 bridgehead atoms. The number of nitrogens with one attached hydrogen (secondary N) is 1. The summed E-state index contributed by atoms with van der Waals surface area (Å²) in [6.45, 7) is 4.57. The van der Waals surface area contributed by atoms with Crippen molar-refractivity contribution in [1.29, 1.82) is 0 Å². The van der Waals surface area contributed by atoms with Crippen molar-refractivity contribution in [1.82, 2.24) is 15.3 Å². The van der Waals surface area contributed by atoms with Crippen molar-refractivity contribution in [2.24, 2.45) is 0 Å². The molecule has 2 aromatic rings. The number of benzene rings is 1. The normalized spacial score (nSPS) is 12.2. The van der Waals surface area contributed by atoms with Gasteiger partial charge in [-0.1, -0.05) is 17.7 Å². The van der Waals surface area contributed by atoms with Crippen molar-refractivity contribution in [2.45, 2.75) is 26.5 Å². The summed E-state index contributed by atoms with van der Waals surface area (Å²) in [5, 5.41) is 3.24. The van der Waals surface area contributed by atoms with Gasteiger partial charge in [-0.25, -0.2) is 9.97 Å². The predicted molar refractivity (Wildman–Crippen MR) is 75.0 cm³/mol. The molecule has 1 aromatic carbocycles. The monoisotopic (exact) mass is 257 g/mol. The van der Waals surface area contributed by atoms with Crippen molar-refractivity contribution in [2.75, 3.05) is 7.05 Å². The molecule has 0 aliphatic carbocycles. The molecule has 0 saturated carbocycles. The fourth-order valence-corrected chi connectivity index (χ4v) is 1.84. The SMILES string of the molecule is CNC(C)c1cc(C)ccc1OCc1ncccn1. The molecule has 0 spiro atoms. The third-order valence-electron chi connectivity index (χ3n) is 3.04. The van der Waals surface area contributed by atoms with Crippen molar-refractivity contribution in [3.05, 3.63) is 53.6 Å². The Morgan fingerprint density at radius 2 is 2.00 bits per heavy atom. The summed E-state index contributed by atoms with van der Waals surface area (Å²) in [6, 6.07) is 8.23. The van der Waals surface area contributed by atoms with Gasteiger partial charge in [-0.3, -0.25) is 0 Å². The molecule has 0 aliphatic heterocycles. The van der Waals surface area contributed by atoms with E-state index in [1.54, 1.807) is 18.5 Å². The second-order valence-electron chi connectivity index (χ2n) is 4.51. The van der Waals surface area contributed by atoms with Gasteiger partial charge >= 0.3 is 0 Å². The average molecular weight is 257 g/mol. The van der Waals surface area contributed by atoms with Gasteiger partial charge in [-0.2, -0.15) is 0 Å². The molecule has 0 amide bonds. The van der Waals surface area contributed by atoms with Crippen molar-refractivity contribution in [3.8, 4) is 5.75 Å². The molecule has 1 atom stereocenters. The van der Waals surface area contributed by atoms with Crippen LogP contribution in [0.15, 0.2) is 36.7 Å². The summed E-state index contributed by atoms with van der Waals surface area (Å²) < 4.78 is 5.84. The summed E-state index contributed by atoms with van der Waals surface area (Å²) in [7, 11) is 1.94. The third-order valence-corrected chi connectivity index (χ3v) is 3.04. The first-order valence-corrected chi connectivity index (χ1v) is 6.37. The third kappa shape index (κ3) is 3.51. The maximum Gasteiger partial charge on any atom is 0.166 e. The van der Waals surface area contributed by atoms with E-state index >= 15 is 0 Å². The Morgan fingerprint density at radius 3 is 2.68 bits per heavy atom. The van der Waals surface area contributed by atoms with Gasteiger partial charge in [-0.15, -0.1) is 0 Å². The second kappa shape index (κ2) is 6.29. The lowest BCUT2D eigenvalue weighted by Crippen LogP contribution is -2.14. The van der Waals surface area contributed by atoms with Gasteiger partial charge in [0.05, 0.1) is 0 Å². The van der Waals surface area contributed by atoms with E-state index in [9.17, 15) is 0 Å². The molecule has 0 radical (unpaired) electrons. The molecule has 100 valence electrons. The van der Waals surface area contributed by atoms with Crippen molar-refractivity contribution < 1.29 is 4.74 Å². The van der Waals surface area contributed by atoms with Crippen LogP contribution >= 0.6 is 0 Å². The zero-order chi connectivity index (χ0) is 13.7. The van der Waals surface area contributed by atoms with E-state index in [4.69, 9.17) is 4.74 Å². The van der Waals surface area contributed by atoms with Crippen molar-refractivity contribution in [3.63, 3.8) is 0 Å². The minimum atomic E-state index is 0.242. The lowest BCUT2D eigenvalue weighted by molar-refractivity contribution is 0.290. The van der Waals surface area contributed by atoms with E-state index in [0.717, 1.165) is 11.3 Å². The minimum Gasteiger partial charge on any atom is -0.485 e. The van der Waals surface area contributed by atoms with Gasteiger partial charge in [-0.05, 0) is 33.0 Å². The maximum absolute atomic E-state index is 5.84. The molecular weight excluding hydrogens is 238 g/mol. The second-order valence-corrected chi connectivity index (χ2v) is 4.51. The van der Waals surface area contributed by atoms with Crippen LogP contribution in [0.2, 0.25) is 0 Å². The molecule has 1 N–H and O–H groups in total. The highest BCUT2D eigenvalue weighted by molar-refractivity contribution is 5.38. The van der Waals surface area contributed by atoms with Crippen LogP contribution in [-0.4, -0.2) is 17.0 Å². The highest BCUT2D eigenvalue weighted by Gasteiger charge is 2.10. The van der Waals surface area contributed by atoms with Gasteiger partial charge in [0, 0.05) is 24.0 Å². The number of hydrogen-bond donors (Lipinski definition) is 1. The van der Waals surface area contributed by atoms with Crippen molar-refractivity contribution >= 4 is 0 Å². The van der Waals surface area contributed by atoms with E-state index in [-0.39, 0.29) is 6.04 Å². The first kappa shape index (κ1) is 13.5. The molecular formula is C15H19N3O. The van der Waals surface area contributed by atoms with Crippen LogP contribution in [0.1, 0.15) is 29.9 Å². The van der Waals surface area contributed by atoms with Gasteiger partial charge in [0.2, 0.25) is 0 Å². The zero-order valence-electron chi connectivity index (χ0n) is 11.6. The Labute approximate surface area is 113 Å². The van der Waals surface area contributed by atoms with Gasteiger partial charge in [0.25, 0.3) is 0 Å². The first-order valence-electron chi connectivity index (χ1n) is 6.37. The van der Waals surface area contributed by atoms with E-state index in [1.807, 2.05) is 19.2 Å². The molecule has 1 aromatic heterocycles. The number of nitrogens with zero attached hydrogens (tertiary/aromatic N) is 2. The Bertz CT molecular complexity index is 528. The Balaban J connectivity index is 2.15. The Morgan fingerprint density at radius 1 is 1.26 bits per heavy atom. The minimum absolute atomic E-state index is 0.242. The Hall–Kier alpha value is -1.94. The number of ether oxygens (including phenoxy) is 1. The standard InChI is InChI=1S/C15H19N3O/c1-11-5-6-14(13(9-11)12(2)16-3)19-10-15-17-7-4-8-18-15/h4-9,12,16H,10H2,1-3H3. The summed E-state index contributed by atoms with van der Waals surface area (Å²) in [6.07, 6.45) is 3.44. The summed E-state index contributed by atoms with van der Waals surface area (Å²) in [5.41, 5.74) is 2.37. The van der Waals surface area contributed by atoms with Crippen LogP contribution in [0.4, 0.5) is 0 Å². The average Bonchev–Trinajstić information content (AvgIpc) is 2.46. The van der Waals surface area contributed by atoms with Crippen LogP contribution in [0, 0.1) is 6.92 Å². The molecule has 4 heteroatoms. The van der Waals surface area contributed by atoms with E-state index in [2.05, 4.69) is 35.2 Å². The van der Waals surface area contributed by atoms with Gasteiger partial charge < -0.3 is 10.1 Å². The van der Waals surface area contributed by atoms with Gasteiger partial charge in [0.15, 0.2) is 5.82 Å². The van der Waals surface area contributed by atoms with Crippen LogP contribution in [0.25, 0.3) is 0 Å². The largest absolute Gasteiger partial charge is 0.485 e. The topological polar surface area (TPSA) is 47.0 Å². The number of hydrogen-bond acceptors (Lipinski definition) is 4. The lowest BCUT2D eigenvalue weighted by Gasteiger charge is -2.17. The summed E-state index contributed by atoms with van der Waals surface area (Å²) in [4.78, 5) is 8.31. The number of aromatic nitrogens is 2. The smallest absolute Gasteiger partial charge is 0.166 e. The number of rotatable bonds is 5. The molecule has 19 heavy (non-hydrogen) atoms. The fourth-order valence-electron chi connectivity index (χ4n) is 1.84. The number of aryl methyl sites for hydroxylation is 1. The van der Waals surface area contributed by atoms with Crippen LogP contribution in [0.3, 0.4) is 0 Å². The first-order chi connectivity index (χ1) is 9.20. The zero-order valence-corrected chi connectivity index (χ0v) is 11.6. The van der Waals surface area contributed by atoms with Crippen LogP contribution in [0.5, 0.6) is 5.75 Å².